The van der Waals surface area contributed by atoms with E-state index in [-0.39, 0.29) is 0 Å². The lowest BCUT2D eigenvalue weighted by Crippen LogP contribution is -2.29. The number of rotatable bonds is 2. The smallest absolute Gasteiger partial charge is 0.115 e. The molecule has 76 valence electrons. The standard InChI is InChI=1S/C11H17N3/c1-3-13-10-4-8(2)5-11-9(10)6-12-7-14-11/h6-8,10,13H,3-5H2,1-2H3. The van der Waals surface area contributed by atoms with E-state index in [1.54, 1.807) is 6.33 Å². The van der Waals surface area contributed by atoms with Crippen LogP contribution in [0.5, 0.6) is 0 Å². The van der Waals surface area contributed by atoms with Crippen LogP contribution in [0.1, 0.15) is 37.6 Å². The van der Waals surface area contributed by atoms with E-state index in [1.165, 1.54) is 17.7 Å². The van der Waals surface area contributed by atoms with Crippen LogP contribution < -0.4 is 5.32 Å². The molecule has 1 aromatic heterocycles. The minimum atomic E-state index is 0.458. The summed E-state index contributed by atoms with van der Waals surface area (Å²) in [6.07, 6.45) is 5.91. The molecule has 14 heavy (non-hydrogen) atoms. The van der Waals surface area contributed by atoms with Crippen LogP contribution in [-0.4, -0.2) is 16.5 Å². The summed E-state index contributed by atoms with van der Waals surface area (Å²) in [5.74, 6) is 0.724. The lowest BCUT2D eigenvalue weighted by atomic mass is 9.85. The second-order valence-corrected chi connectivity index (χ2v) is 4.08. The molecule has 0 aliphatic heterocycles. The Morgan fingerprint density at radius 1 is 1.57 bits per heavy atom. The summed E-state index contributed by atoms with van der Waals surface area (Å²) < 4.78 is 0. The zero-order valence-electron chi connectivity index (χ0n) is 8.83. The predicted molar refractivity (Wildman–Crippen MR) is 55.9 cm³/mol. The molecule has 0 saturated heterocycles. The van der Waals surface area contributed by atoms with E-state index in [1.807, 2.05) is 6.20 Å². The first-order chi connectivity index (χ1) is 6.81. The first-order valence-electron chi connectivity index (χ1n) is 5.33. The van der Waals surface area contributed by atoms with Gasteiger partial charge in [-0.1, -0.05) is 13.8 Å². The van der Waals surface area contributed by atoms with Crippen molar-refractivity contribution in [1.29, 1.82) is 0 Å². The molecular formula is C11H17N3. The van der Waals surface area contributed by atoms with E-state index < -0.39 is 0 Å². The van der Waals surface area contributed by atoms with Crippen LogP contribution in [0.15, 0.2) is 12.5 Å². The van der Waals surface area contributed by atoms with Crippen molar-refractivity contribution in [3.05, 3.63) is 23.8 Å². The molecule has 0 amide bonds. The second-order valence-electron chi connectivity index (χ2n) is 4.08. The van der Waals surface area contributed by atoms with Gasteiger partial charge in [0.2, 0.25) is 0 Å². The summed E-state index contributed by atoms with van der Waals surface area (Å²) in [6, 6.07) is 0.458. The fourth-order valence-corrected chi connectivity index (χ4v) is 2.21. The fourth-order valence-electron chi connectivity index (χ4n) is 2.21. The molecule has 1 aliphatic carbocycles. The van der Waals surface area contributed by atoms with Gasteiger partial charge >= 0.3 is 0 Å². The van der Waals surface area contributed by atoms with E-state index in [2.05, 4.69) is 29.1 Å². The third-order valence-corrected chi connectivity index (χ3v) is 2.83. The Balaban J connectivity index is 2.28. The van der Waals surface area contributed by atoms with Crippen LogP contribution in [0.2, 0.25) is 0 Å². The Morgan fingerprint density at radius 2 is 2.43 bits per heavy atom. The Morgan fingerprint density at radius 3 is 3.21 bits per heavy atom. The second kappa shape index (κ2) is 4.05. The molecule has 0 bridgehead atoms. The molecule has 2 rings (SSSR count). The van der Waals surface area contributed by atoms with Crippen molar-refractivity contribution >= 4 is 0 Å². The first kappa shape index (κ1) is 9.59. The maximum Gasteiger partial charge on any atom is 0.115 e. The maximum atomic E-state index is 4.35. The molecule has 0 saturated carbocycles. The lowest BCUT2D eigenvalue weighted by molar-refractivity contribution is 0.380. The molecule has 0 fully saturated rings. The largest absolute Gasteiger partial charge is 0.310 e. The van der Waals surface area contributed by atoms with E-state index in [0.29, 0.717) is 6.04 Å². The molecular weight excluding hydrogens is 174 g/mol. The Hall–Kier alpha value is -0.960. The van der Waals surface area contributed by atoms with Gasteiger partial charge in [-0.15, -0.1) is 0 Å². The van der Waals surface area contributed by atoms with Crippen molar-refractivity contribution in [2.24, 2.45) is 5.92 Å². The number of fused-ring (bicyclic) bond motifs is 1. The normalized spacial score (nSPS) is 25.9. The third-order valence-electron chi connectivity index (χ3n) is 2.83. The summed E-state index contributed by atoms with van der Waals surface area (Å²) in [6.45, 7) is 5.43. The van der Waals surface area contributed by atoms with Crippen LogP contribution in [0.3, 0.4) is 0 Å². The zero-order chi connectivity index (χ0) is 9.97. The molecule has 0 aromatic carbocycles. The Bertz CT molecular complexity index is 311. The fraction of sp³-hybridized carbons (Fsp3) is 0.636. The number of nitrogens with one attached hydrogen (secondary N) is 1. The highest BCUT2D eigenvalue weighted by Crippen LogP contribution is 2.30. The van der Waals surface area contributed by atoms with Gasteiger partial charge in [0.05, 0.1) is 0 Å². The van der Waals surface area contributed by atoms with Crippen LogP contribution in [0, 0.1) is 5.92 Å². The van der Waals surface area contributed by atoms with Gasteiger partial charge in [-0.25, -0.2) is 9.97 Å². The molecule has 1 aliphatic rings. The third kappa shape index (κ3) is 1.77. The molecule has 3 nitrogen and oxygen atoms in total. The SMILES string of the molecule is CCNC1CC(C)Cc2ncncc21. The van der Waals surface area contributed by atoms with Crippen molar-refractivity contribution in [2.45, 2.75) is 32.7 Å². The van der Waals surface area contributed by atoms with Crippen molar-refractivity contribution in [1.82, 2.24) is 15.3 Å². The molecule has 1 heterocycles. The van der Waals surface area contributed by atoms with Gasteiger partial charge in [-0.3, -0.25) is 0 Å². The lowest BCUT2D eigenvalue weighted by Gasteiger charge is -2.28. The van der Waals surface area contributed by atoms with Gasteiger partial charge in [0.15, 0.2) is 0 Å². The minimum absolute atomic E-state index is 0.458. The number of hydrogen-bond donors (Lipinski definition) is 1. The van der Waals surface area contributed by atoms with Gasteiger partial charge in [0.25, 0.3) is 0 Å². The molecule has 1 N–H and O–H groups in total. The maximum absolute atomic E-state index is 4.35. The van der Waals surface area contributed by atoms with Crippen LogP contribution in [-0.2, 0) is 6.42 Å². The van der Waals surface area contributed by atoms with Gasteiger partial charge < -0.3 is 5.32 Å². The minimum Gasteiger partial charge on any atom is -0.310 e. The Kier molecular flexibility index (Phi) is 2.77. The van der Waals surface area contributed by atoms with Crippen molar-refractivity contribution in [3.8, 4) is 0 Å². The van der Waals surface area contributed by atoms with Gasteiger partial charge in [-0.2, -0.15) is 0 Å². The number of nitrogens with zero attached hydrogens (tertiary/aromatic N) is 2. The van der Waals surface area contributed by atoms with E-state index >= 15 is 0 Å². The summed E-state index contributed by atoms with van der Waals surface area (Å²) in [5, 5.41) is 3.49. The molecule has 0 spiro atoms. The Labute approximate surface area is 85.0 Å². The number of hydrogen-bond acceptors (Lipinski definition) is 3. The first-order valence-corrected chi connectivity index (χ1v) is 5.33. The average Bonchev–Trinajstić information content (AvgIpc) is 2.18. The van der Waals surface area contributed by atoms with Crippen LogP contribution >= 0.6 is 0 Å². The highest BCUT2D eigenvalue weighted by atomic mass is 14.9. The van der Waals surface area contributed by atoms with Crippen LogP contribution in [0.4, 0.5) is 0 Å². The monoisotopic (exact) mass is 191 g/mol. The number of aromatic nitrogens is 2. The average molecular weight is 191 g/mol. The molecule has 2 atom stereocenters. The summed E-state index contributed by atoms with van der Waals surface area (Å²) in [5.41, 5.74) is 2.53. The van der Waals surface area contributed by atoms with E-state index in [4.69, 9.17) is 0 Å². The highest BCUT2D eigenvalue weighted by molar-refractivity contribution is 5.23. The van der Waals surface area contributed by atoms with E-state index in [0.717, 1.165) is 18.9 Å². The zero-order valence-corrected chi connectivity index (χ0v) is 8.83. The van der Waals surface area contributed by atoms with E-state index in [9.17, 15) is 0 Å². The molecule has 2 unspecified atom stereocenters. The van der Waals surface area contributed by atoms with Crippen molar-refractivity contribution in [3.63, 3.8) is 0 Å². The van der Waals surface area contributed by atoms with Crippen molar-refractivity contribution in [2.75, 3.05) is 6.54 Å². The van der Waals surface area contributed by atoms with Crippen molar-refractivity contribution < 1.29 is 0 Å². The van der Waals surface area contributed by atoms with Gasteiger partial charge in [0.1, 0.15) is 6.33 Å². The predicted octanol–water partition coefficient (Wildman–Crippen LogP) is 1.71. The topological polar surface area (TPSA) is 37.8 Å². The summed E-state index contributed by atoms with van der Waals surface area (Å²) in [7, 11) is 0. The van der Waals surface area contributed by atoms with Crippen LogP contribution in [0.25, 0.3) is 0 Å². The summed E-state index contributed by atoms with van der Waals surface area (Å²) in [4.78, 5) is 8.46. The molecule has 0 radical (unpaired) electrons. The summed E-state index contributed by atoms with van der Waals surface area (Å²) >= 11 is 0. The highest BCUT2D eigenvalue weighted by Gasteiger charge is 2.24. The molecule has 3 heteroatoms. The quantitative estimate of drug-likeness (QED) is 0.773. The van der Waals surface area contributed by atoms with Gasteiger partial charge in [0, 0.05) is 23.5 Å². The molecule has 1 aromatic rings. The van der Waals surface area contributed by atoms with Gasteiger partial charge in [-0.05, 0) is 25.3 Å².